The molecule has 27 heavy (non-hydrogen) atoms. The predicted molar refractivity (Wildman–Crippen MR) is 117 cm³/mol. The van der Waals surface area contributed by atoms with Gasteiger partial charge in [-0.2, -0.15) is 0 Å². The van der Waals surface area contributed by atoms with E-state index in [0.29, 0.717) is 11.6 Å². The topological polar surface area (TPSA) is 55.4 Å². The van der Waals surface area contributed by atoms with E-state index in [-0.39, 0.29) is 11.9 Å². The Bertz CT molecular complexity index is 692. The first-order valence-corrected chi connectivity index (χ1v) is 11.5. The molecule has 0 aliphatic rings. The molecule has 0 fully saturated rings. The molecule has 0 bridgehead atoms. The molecule has 0 radical (unpaired) electrons. The predicted octanol–water partition coefficient (Wildman–Crippen LogP) is 5.59. The van der Waals surface area contributed by atoms with Crippen LogP contribution in [0.25, 0.3) is 0 Å². The van der Waals surface area contributed by atoms with Crippen molar-refractivity contribution in [3.63, 3.8) is 0 Å². The maximum absolute atomic E-state index is 13.0. The molecule has 0 aliphatic carbocycles. The lowest BCUT2D eigenvalue weighted by atomic mass is 9.73. The highest BCUT2D eigenvalue weighted by Crippen LogP contribution is 2.40. The highest BCUT2D eigenvalue weighted by molar-refractivity contribution is 9.10. The summed E-state index contributed by atoms with van der Waals surface area (Å²) in [6, 6.07) is 5.56. The van der Waals surface area contributed by atoms with Crippen molar-refractivity contribution in [1.29, 1.82) is 0 Å². The first kappa shape index (κ1) is 24.6. The minimum atomic E-state index is -1.39. The fraction of sp³-hybridized carbons (Fsp3) is 0.650. The van der Waals surface area contributed by atoms with Crippen molar-refractivity contribution in [2.24, 2.45) is 11.8 Å². The Morgan fingerprint density at radius 2 is 1.89 bits per heavy atom. The van der Waals surface area contributed by atoms with Crippen LogP contribution in [0, 0.1) is 11.8 Å². The molecular weight excluding hydrogens is 450 g/mol. The minimum Gasteiger partial charge on any atom is -0.466 e. The number of ether oxygens (including phenoxy) is 1. The van der Waals surface area contributed by atoms with Crippen LogP contribution in [-0.4, -0.2) is 21.5 Å². The van der Waals surface area contributed by atoms with Gasteiger partial charge in [-0.1, -0.05) is 37.9 Å². The lowest BCUT2D eigenvalue weighted by Gasteiger charge is -2.41. The lowest BCUT2D eigenvalue weighted by Crippen LogP contribution is -2.54. The normalized spacial score (nSPS) is 17.7. The molecule has 0 aliphatic heterocycles. The summed E-state index contributed by atoms with van der Waals surface area (Å²) in [7, 11) is -1.39. The van der Waals surface area contributed by atoms with Gasteiger partial charge in [0, 0.05) is 4.47 Å². The Hall–Kier alpha value is -0.430. The van der Waals surface area contributed by atoms with Gasteiger partial charge >= 0.3 is 5.97 Å². The number of rotatable bonds is 8. The van der Waals surface area contributed by atoms with E-state index in [4.69, 9.17) is 16.3 Å². The average molecular weight is 481 g/mol. The summed E-state index contributed by atoms with van der Waals surface area (Å²) in [5.74, 6) is -0.807. The van der Waals surface area contributed by atoms with E-state index in [1.807, 2.05) is 59.7 Å². The van der Waals surface area contributed by atoms with Gasteiger partial charge in [-0.05, 0) is 74.2 Å². The Kier molecular flexibility index (Phi) is 8.98. The molecule has 0 heterocycles. The van der Waals surface area contributed by atoms with Crippen molar-refractivity contribution in [3.05, 3.63) is 33.3 Å². The summed E-state index contributed by atoms with van der Waals surface area (Å²) in [5, 5.41) is 0.536. The summed E-state index contributed by atoms with van der Waals surface area (Å²) in [6.45, 7) is 13.7. The van der Waals surface area contributed by atoms with Crippen LogP contribution in [0.15, 0.2) is 22.7 Å². The van der Waals surface area contributed by atoms with Crippen molar-refractivity contribution >= 4 is 44.5 Å². The van der Waals surface area contributed by atoms with Crippen LogP contribution in [0.2, 0.25) is 5.02 Å². The third-order valence-corrected chi connectivity index (χ3v) is 7.71. The SMILES string of the molecule is CCOC(=O)[C@@H](C(C)CC)[C@@](C)(N[S@@](=O)C(C)(C)C)c1ccc(Br)c(Cl)c1. The van der Waals surface area contributed by atoms with Crippen LogP contribution >= 0.6 is 27.5 Å². The van der Waals surface area contributed by atoms with E-state index in [0.717, 1.165) is 16.5 Å². The van der Waals surface area contributed by atoms with Gasteiger partial charge in [0.2, 0.25) is 0 Å². The third-order valence-electron chi connectivity index (χ3n) is 4.76. The van der Waals surface area contributed by atoms with Gasteiger partial charge in [-0.25, -0.2) is 8.93 Å². The van der Waals surface area contributed by atoms with Gasteiger partial charge in [-0.15, -0.1) is 0 Å². The van der Waals surface area contributed by atoms with Crippen molar-refractivity contribution < 1.29 is 13.7 Å². The van der Waals surface area contributed by atoms with E-state index in [1.165, 1.54) is 0 Å². The van der Waals surface area contributed by atoms with Crippen LogP contribution in [0.5, 0.6) is 0 Å². The second kappa shape index (κ2) is 9.86. The molecule has 4 nitrogen and oxygen atoms in total. The summed E-state index contributed by atoms with van der Waals surface area (Å²) >= 11 is 9.75. The van der Waals surface area contributed by atoms with Crippen molar-refractivity contribution in [2.45, 2.75) is 65.2 Å². The molecule has 1 rings (SSSR count). The second-order valence-electron chi connectivity index (χ2n) is 7.93. The summed E-state index contributed by atoms with van der Waals surface area (Å²) in [5.41, 5.74) is -0.115. The van der Waals surface area contributed by atoms with Crippen LogP contribution < -0.4 is 4.72 Å². The van der Waals surface area contributed by atoms with Gasteiger partial charge in [0.05, 0.1) is 38.8 Å². The van der Waals surface area contributed by atoms with Crippen LogP contribution in [0.1, 0.15) is 60.5 Å². The molecule has 1 N–H and O–H groups in total. The Morgan fingerprint density at radius 3 is 2.33 bits per heavy atom. The number of carbonyl (C=O) groups is 1. The number of benzene rings is 1. The monoisotopic (exact) mass is 479 g/mol. The first-order valence-electron chi connectivity index (χ1n) is 9.20. The zero-order valence-electron chi connectivity index (χ0n) is 17.2. The van der Waals surface area contributed by atoms with Crippen LogP contribution in [-0.2, 0) is 26.1 Å². The molecule has 0 spiro atoms. The fourth-order valence-corrected chi connectivity index (χ4v) is 4.33. The molecule has 7 heteroatoms. The molecule has 0 aromatic heterocycles. The molecule has 1 aromatic carbocycles. The molecule has 0 saturated heterocycles. The molecule has 1 aromatic rings. The molecular formula is C20H31BrClNO3S. The van der Waals surface area contributed by atoms with E-state index in [1.54, 1.807) is 6.92 Å². The van der Waals surface area contributed by atoms with Crippen molar-refractivity contribution in [2.75, 3.05) is 6.61 Å². The van der Waals surface area contributed by atoms with E-state index < -0.39 is 27.2 Å². The van der Waals surface area contributed by atoms with Crippen molar-refractivity contribution in [3.8, 4) is 0 Å². The van der Waals surface area contributed by atoms with Gasteiger partial charge < -0.3 is 4.74 Å². The highest BCUT2D eigenvalue weighted by atomic mass is 79.9. The highest BCUT2D eigenvalue weighted by Gasteiger charge is 2.46. The quantitative estimate of drug-likeness (QED) is 0.493. The van der Waals surface area contributed by atoms with Gasteiger partial charge in [-0.3, -0.25) is 4.79 Å². The fourth-order valence-electron chi connectivity index (χ4n) is 2.97. The van der Waals surface area contributed by atoms with Crippen LogP contribution in [0.3, 0.4) is 0 Å². The number of nitrogens with one attached hydrogen (secondary N) is 1. The first-order chi connectivity index (χ1) is 12.4. The molecule has 0 saturated carbocycles. The van der Waals surface area contributed by atoms with Gasteiger partial charge in [0.15, 0.2) is 0 Å². The molecule has 154 valence electrons. The average Bonchev–Trinajstić information content (AvgIpc) is 2.56. The largest absolute Gasteiger partial charge is 0.466 e. The minimum absolute atomic E-state index is 0.0148. The number of esters is 1. The van der Waals surface area contributed by atoms with E-state index >= 15 is 0 Å². The number of hydrogen-bond acceptors (Lipinski definition) is 3. The maximum Gasteiger partial charge on any atom is 0.311 e. The van der Waals surface area contributed by atoms with E-state index in [9.17, 15) is 9.00 Å². The molecule has 1 unspecified atom stereocenters. The summed E-state index contributed by atoms with van der Waals surface area (Å²) < 4.78 is 21.9. The van der Waals surface area contributed by atoms with Gasteiger partial charge in [0.25, 0.3) is 0 Å². The standard InChI is InChI=1S/C20H31BrClNO3S/c1-8-13(3)17(18(24)26-9-2)20(7,23-27(25)19(4,5)6)14-10-11-15(21)16(22)12-14/h10-13,17,23H,8-9H2,1-7H3/t13?,17-,20+,27+/m1/s1. The lowest BCUT2D eigenvalue weighted by molar-refractivity contribution is -0.153. The Morgan fingerprint density at radius 1 is 1.30 bits per heavy atom. The van der Waals surface area contributed by atoms with Crippen molar-refractivity contribution in [1.82, 2.24) is 4.72 Å². The molecule has 4 atom stereocenters. The Labute approximate surface area is 179 Å². The van der Waals surface area contributed by atoms with Gasteiger partial charge in [0.1, 0.15) is 0 Å². The number of halogens is 2. The number of carbonyl (C=O) groups excluding carboxylic acids is 1. The zero-order chi connectivity index (χ0) is 21.0. The third kappa shape index (κ3) is 6.02. The zero-order valence-corrected chi connectivity index (χ0v) is 20.3. The molecule has 0 amide bonds. The number of hydrogen-bond donors (Lipinski definition) is 1. The van der Waals surface area contributed by atoms with E-state index in [2.05, 4.69) is 20.7 Å². The summed E-state index contributed by atoms with van der Waals surface area (Å²) in [4.78, 5) is 12.9. The van der Waals surface area contributed by atoms with Crippen LogP contribution in [0.4, 0.5) is 0 Å². The Balaban J connectivity index is 3.60. The smallest absolute Gasteiger partial charge is 0.311 e. The second-order valence-corrected chi connectivity index (χ2v) is 11.2. The summed E-state index contributed by atoms with van der Waals surface area (Å²) in [6.07, 6.45) is 0.785. The maximum atomic E-state index is 13.0.